The van der Waals surface area contributed by atoms with Crippen molar-refractivity contribution in [2.75, 3.05) is 5.32 Å². The number of hydrogen-bond acceptors (Lipinski definition) is 1. The zero-order valence-electron chi connectivity index (χ0n) is 11.1. The Hall–Kier alpha value is -1.35. The van der Waals surface area contributed by atoms with Crippen LogP contribution in [0, 0.1) is 12.7 Å². The van der Waals surface area contributed by atoms with Gasteiger partial charge in [-0.2, -0.15) is 0 Å². The fraction of sp³-hybridized carbons (Fsp3) is 0.250. The van der Waals surface area contributed by atoms with E-state index in [1.54, 1.807) is 0 Å². The van der Waals surface area contributed by atoms with E-state index in [2.05, 4.69) is 53.3 Å². The molecule has 3 heteroatoms. The molecule has 0 saturated heterocycles. The van der Waals surface area contributed by atoms with Crippen molar-refractivity contribution in [1.29, 1.82) is 0 Å². The lowest BCUT2D eigenvalue weighted by atomic mass is 10.0. The summed E-state index contributed by atoms with van der Waals surface area (Å²) in [5.74, 6) is -0.197. The molecule has 2 aromatic carbocycles. The van der Waals surface area contributed by atoms with Gasteiger partial charge in [0, 0.05) is 10.2 Å². The van der Waals surface area contributed by atoms with Crippen LogP contribution in [0.25, 0.3) is 0 Å². The van der Waals surface area contributed by atoms with E-state index in [1.165, 1.54) is 17.7 Å². The number of hydrogen-bond donors (Lipinski definition) is 1. The number of benzene rings is 2. The molecule has 0 aliphatic heterocycles. The summed E-state index contributed by atoms with van der Waals surface area (Å²) in [6, 6.07) is 13.1. The highest BCUT2D eigenvalue weighted by Crippen LogP contribution is 2.26. The molecule has 0 heterocycles. The lowest BCUT2D eigenvalue weighted by molar-refractivity contribution is 0.625. The van der Waals surface area contributed by atoms with Crippen LogP contribution in [0.15, 0.2) is 46.9 Å². The molecule has 0 aliphatic rings. The highest BCUT2D eigenvalue weighted by molar-refractivity contribution is 9.10. The fourth-order valence-corrected chi connectivity index (χ4v) is 2.74. The molecule has 0 aliphatic carbocycles. The summed E-state index contributed by atoms with van der Waals surface area (Å²) < 4.78 is 14.0. The molecule has 2 rings (SSSR count). The maximum Gasteiger partial charge on any atom is 0.123 e. The minimum Gasteiger partial charge on any atom is -0.378 e. The Morgan fingerprint density at radius 3 is 2.42 bits per heavy atom. The van der Waals surface area contributed by atoms with Gasteiger partial charge in [-0.15, -0.1) is 0 Å². The van der Waals surface area contributed by atoms with Gasteiger partial charge in [-0.1, -0.05) is 35.0 Å². The summed E-state index contributed by atoms with van der Waals surface area (Å²) in [5, 5.41) is 3.49. The van der Waals surface area contributed by atoms with Gasteiger partial charge in [0.15, 0.2) is 0 Å². The molecule has 1 atom stereocenters. The van der Waals surface area contributed by atoms with Gasteiger partial charge in [0.05, 0.1) is 6.04 Å². The molecule has 0 radical (unpaired) electrons. The van der Waals surface area contributed by atoms with Crippen molar-refractivity contribution < 1.29 is 4.39 Å². The Labute approximate surface area is 122 Å². The molecule has 0 aromatic heterocycles. The van der Waals surface area contributed by atoms with E-state index in [0.717, 1.165) is 22.1 Å². The molecule has 100 valence electrons. The van der Waals surface area contributed by atoms with E-state index in [1.807, 2.05) is 12.1 Å². The highest BCUT2D eigenvalue weighted by Gasteiger charge is 2.09. The molecule has 1 N–H and O–H groups in total. The van der Waals surface area contributed by atoms with Crippen LogP contribution in [0.4, 0.5) is 10.1 Å². The molecular formula is C16H17BrFN. The smallest absolute Gasteiger partial charge is 0.123 e. The van der Waals surface area contributed by atoms with Crippen LogP contribution in [0.5, 0.6) is 0 Å². The van der Waals surface area contributed by atoms with Crippen molar-refractivity contribution >= 4 is 21.6 Å². The molecule has 0 bridgehead atoms. The molecule has 0 amide bonds. The number of halogens is 2. The minimum atomic E-state index is -0.197. The van der Waals surface area contributed by atoms with Crippen LogP contribution in [0.1, 0.15) is 30.5 Å². The van der Waals surface area contributed by atoms with Crippen LogP contribution in [0.3, 0.4) is 0 Å². The van der Waals surface area contributed by atoms with E-state index in [0.29, 0.717) is 0 Å². The standard InChI is InChI=1S/C16H17BrFN/c1-3-16(12-4-6-14(18)7-5-12)19-15-9-11(2)8-13(17)10-15/h4-10,16,19H,3H2,1-2H3. The molecular weight excluding hydrogens is 305 g/mol. The van der Waals surface area contributed by atoms with Crippen LogP contribution >= 0.6 is 15.9 Å². The molecule has 1 nitrogen and oxygen atoms in total. The first-order valence-corrected chi connectivity index (χ1v) is 7.17. The maximum atomic E-state index is 13.0. The third-order valence-corrected chi connectivity index (χ3v) is 3.52. The Morgan fingerprint density at radius 1 is 1.16 bits per heavy atom. The summed E-state index contributed by atoms with van der Waals surface area (Å²) in [7, 11) is 0. The van der Waals surface area contributed by atoms with Crippen molar-refractivity contribution in [1.82, 2.24) is 0 Å². The Kier molecular flexibility index (Phi) is 4.59. The fourth-order valence-electron chi connectivity index (χ4n) is 2.14. The summed E-state index contributed by atoms with van der Waals surface area (Å²) in [6.07, 6.45) is 0.942. The summed E-state index contributed by atoms with van der Waals surface area (Å²) in [4.78, 5) is 0. The zero-order valence-corrected chi connectivity index (χ0v) is 12.7. The number of rotatable bonds is 4. The third kappa shape index (κ3) is 3.80. The van der Waals surface area contributed by atoms with Crippen molar-refractivity contribution in [2.45, 2.75) is 26.3 Å². The van der Waals surface area contributed by atoms with E-state index in [9.17, 15) is 4.39 Å². The number of nitrogens with one attached hydrogen (secondary N) is 1. The van der Waals surface area contributed by atoms with E-state index >= 15 is 0 Å². The van der Waals surface area contributed by atoms with Crippen LogP contribution in [0.2, 0.25) is 0 Å². The van der Waals surface area contributed by atoms with Gasteiger partial charge in [-0.05, 0) is 54.8 Å². The Morgan fingerprint density at radius 2 is 1.84 bits per heavy atom. The first-order valence-electron chi connectivity index (χ1n) is 6.37. The van der Waals surface area contributed by atoms with Gasteiger partial charge in [-0.3, -0.25) is 0 Å². The average molecular weight is 322 g/mol. The van der Waals surface area contributed by atoms with Crippen LogP contribution in [-0.2, 0) is 0 Å². The lowest BCUT2D eigenvalue weighted by Gasteiger charge is -2.19. The normalized spacial score (nSPS) is 12.2. The predicted octanol–water partition coefficient (Wildman–Crippen LogP) is 5.46. The summed E-state index contributed by atoms with van der Waals surface area (Å²) >= 11 is 3.50. The lowest BCUT2D eigenvalue weighted by Crippen LogP contribution is -2.09. The van der Waals surface area contributed by atoms with Crippen LogP contribution in [-0.4, -0.2) is 0 Å². The zero-order chi connectivity index (χ0) is 13.8. The SMILES string of the molecule is CCC(Nc1cc(C)cc(Br)c1)c1ccc(F)cc1. The molecule has 2 aromatic rings. The summed E-state index contributed by atoms with van der Waals surface area (Å²) in [5.41, 5.74) is 3.37. The predicted molar refractivity (Wildman–Crippen MR) is 81.9 cm³/mol. The van der Waals surface area contributed by atoms with Crippen molar-refractivity contribution in [2.24, 2.45) is 0 Å². The Bertz CT molecular complexity index is 531. The van der Waals surface area contributed by atoms with Gasteiger partial charge in [-0.25, -0.2) is 4.39 Å². The quantitative estimate of drug-likeness (QED) is 0.788. The second-order valence-electron chi connectivity index (χ2n) is 4.67. The first kappa shape index (κ1) is 14.1. The maximum absolute atomic E-state index is 13.0. The molecule has 0 spiro atoms. The minimum absolute atomic E-state index is 0.189. The van der Waals surface area contributed by atoms with Gasteiger partial charge in [0.25, 0.3) is 0 Å². The number of aryl methyl sites for hydroxylation is 1. The van der Waals surface area contributed by atoms with Crippen molar-refractivity contribution in [3.05, 3.63) is 63.9 Å². The third-order valence-electron chi connectivity index (χ3n) is 3.06. The monoisotopic (exact) mass is 321 g/mol. The molecule has 0 saturated carbocycles. The summed E-state index contributed by atoms with van der Waals surface area (Å²) in [6.45, 7) is 4.18. The van der Waals surface area contributed by atoms with E-state index in [-0.39, 0.29) is 11.9 Å². The molecule has 1 unspecified atom stereocenters. The van der Waals surface area contributed by atoms with Gasteiger partial charge in [0.2, 0.25) is 0 Å². The average Bonchev–Trinajstić information content (AvgIpc) is 2.36. The van der Waals surface area contributed by atoms with Gasteiger partial charge < -0.3 is 5.32 Å². The van der Waals surface area contributed by atoms with Crippen molar-refractivity contribution in [3.63, 3.8) is 0 Å². The van der Waals surface area contributed by atoms with Crippen molar-refractivity contribution in [3.8, 4) is 0 Å². The molecule has 0 fully saturated rings. The van der Waals surface area contributed by atoms with E-state index in [4.69, 9.17) is 0 Å². The largest absolute Gasteiger partial charge is 0.378 e. The van der Waals surface area contributed by atoms with Crippen LogP contribution < -0.4 is 5.32 Å². The second kappa shape index (κ2) is 6.20. The second-order valence-corrected chi connectivity index (χ2v) is 5.59. The number of anilines is 1. The van der Waals surface area contributed by atoms with E-state index < -0.39 is 0 Å². The first-order chi connectivity index (χ1) is 9.08. The molecule has 19 heavy (non-hydrogen) atoms. The highest BCUT2D eigenvalue weighted by atomic mass is 79.9. The topological polar surface area (TPSA) is 12.0 Å². The Balaban J connectivity index is 2.21. The van der Waals surface area contributed by atoms with Gasteiger partial charge >= 0.3 is 0 Å². The van der Waals surface area contributed by atoms with Gasteiger partial charge in [0.1, 0.15) is 5.82 Å².